The zero-order chi connectivity index (χ0) is 25.9. The third-order valence-corrected chi connectivity index (χ3v) is 6.30. The molecule has 3 aromatic rings. The van der Waals surface area contributed by atoms with E-state index in [9.17, 15) is 9.59 Å². The highest BCUT2D eigenvalue weighted by Crippen LogP contribution is 2.28. The SMILES string of the molecule is CCNC(=O)C(Cc1ccccc1)N(Cc1ccccc1C)C(=O)CCc1ccc(OC)c(OC)c1. The zero-order valence-electron chi connectivity index (χ0n) is 21.6. The largest absolute Gasteiger partial charge is 0.493 e. The molecule has 1 unspecified atom stereocenters. The minimum atomic E-state index is -0.621. The molecule has 1 N–H and O–H groups in total. The molecule has 190 valence electrons. The lowest BCUT2D eigenvalue weighted by atomic mass is 10.0. The zero-order valence-corrected chi connectivity index (χ0v) is 21.6. The second-order valence-electron chi connectivity index (χ2n) is 8.74. The van der Waals surface area contributed by atoms with Crippen molar-refractivity contribution in [2.45, 2.75) is 45.7 Å². The van der Waals surface area contributed by atoms with E-state index < -0.39 is 6.04 Å². The summed E-state index contributed by atoms with van der Waals surface area (Å²) in [6.45, 7) is 4.79. The van der Waals surface area contributed by atoms with E-state index in [1.807, 2.05) is 86.6 Å². The number of benzene rings is 3. The molecule has 0 heterocycles. The van der Waals surface area contributed by atoms with E-state index in [0.717, 1.165) is 22.3 Å². The van der Waals surface area contributed by atoms with Crippen molar-refractivity contribution in [1.29, 1.82) is 0 Å². The summed E-state index contributed by atoms with van der Waals surface area (Å²) in [4.78, 5) is 28.7. The highest BCUT2D eigenvalue weighted by molar-refractivity contribution is 5.88. The Labute approximate surface area is 214 Å². The Balaban J connectivity index is 1.89. The Morgan fingerprint density at radius 2 is 1.58 bits per heavy atom. The fourth-order valence-electron chi connectivity index (χ4n) is 4.25. The lowest BCUT2D eigenvalue weighted by Gasteiger charge is -2.32. The van der Waals surface area contributed by atoms with Gasteiger partial charge in [0.2, 0.25) is 11.8 Å². The van der Waals surface area contributed by atoms with E-state index in [2.05, 4.69) is 5.32 Å². The van der Waals surface area contributed by atoms with Gasteiger partial charge in [0.1, 0.15) is 6.04 Å². The molecule has 0 aromatic heterocycles. The average Bonchev–Trinajstić information content (AvgIpc) is 2.90. The van der Waals surface area contributed by atoms with Crippen molar-refractivity contribution in [3.8, 4) is 11.5 Å². The first kappa shape index (κ1) is 26.8. The predicted octanol–water partition coefficient (Wildman–Crippen LogP) is 4.72. The number of rotatable bonds is 12. The van der Waals surface area contributed by atoms with Crippen molar-refractivity contribution in [2.24, 2.45) is 0 Å². The van der Waals surface area contributed by atoms with E-state index in [4.69, 9.17) is 9.47 Å². The first-order valence-electron chi connectivity index (χ1n) is 12.3. The molecule has 1 atom stereocenters. The van der Waals surface area contributed by atoms with Gasteiger partial charge >= 0.3 is 0 Å². The molecule has 2 amide bonds. The van der Waals surface area contributed by atoms with Crippen molar-refractivity contribution >= 4 is 11.8 Å². The fourth-order valence-corrected chi connectivity index (χ4v) is 4.25. The van der Waals surface area contributed by atoms with Crippen LogP contribution in [0.5, 0.6) is 11.5 Å². The molecule has 0 fully saturated rings. The van der Waals surface area contributed by atoms with Crippen molar-refractivity contribution in [3.63, 3.8) is 0 Å². The summed E-state index contributed by atoms with van der Waals surface area (Å²) in [5.41, 5.74) is 4.09. The summed E-state index contributed by atoms with van der Waals surface area (Å²) in [6.07, 6.45) is 1.24. The van der Waals surface area contributed by atoms with Gasteiger partial charge in [-0.2, -0.15) is 0 Å². The summed E-state index contributed by atoms with van der Waals surface area (Å²) in [5, 5.41) is 2.94. The molecule has 0 aliphatic carbocycles. The third kappa shape index (κ3) is 7.11. The molecular weight excluding hydrogens is 452 g/mol. The number of hydrogen-bond acceptors (Lipinski definition) is 4. The number of methoxy groups -OCH3 is 2. The van der Waals surface area contributed by atoms with E-state index in [1.165, 1.54) is 0 Å². The van der Waals surface area contributed by atoms with Crippen LogP contribution >= 0.6 is 0 Å². The summed E-state index contributed by atoms with van der Waals surface area (Å²) >= 11 is 0. The molecule has 0 spiro atoms. The minimum Gasteiger partial charge on any atom is -0.493 e. The van der Waals surface area contributed by atoms with Crippen LogP contribution in [-0.4, -0.2) is 43.5 Å². The highest BCUT2D eigenvalue weighted by Gasteiger charge is 2.30. The molecule has 0 aliphatic heterocycles. The third-order valence-electron chi connectivity index (χ3n) is 6.30. The van der Waals surface area contributed by atoms with Crippen LogP contribution in [0, 0.1) is 6.92 Å². The van der Waals surface area contributed by atoms with Crippen LogP contribution in [0.2, 0.25) is 0 Å². The van der Waals surface area contributed by atoms with Crippen molar-refractivity contribution in [3.05, 3.63) is 95.1 Å². The number of hydrogen-bond donors (Lipinski definition) is 1. The summed E-state index contributed by atoms with van der Waals surface area (Å²) in [5.74, 6) is 1.06. The van der Waals surface area contributed by atoms with Gasteiger partial charge in [0.25, 0.3) is 0 Å². The van der Waals surface area contributed by atoms with Gasteiger partial charge in [-0.1, -0.05) is 60.7 Å². The number of nitrogens with zero attached hydrogens (tertiary/aromatic N) is 1. The van der Waals surface area contributed by atoms with Crippen LogP contribution in [0.15, 0.2) is 72.8 Å². The lowest BCUT2D eigenvalue weighted by molar-refractivity contribution is -0.141. The first-order valence-corrected chi connectivity index (χ1v) is 12.3. The maximum Gasteiger partial charge on any atom is 0.243 e. The predicted molar refractivity (Wildman–Crippen MR) is 142 cm³/mol. The van der Waals surface area contributed by atoms with E-state index in [0.29, 0.717) is 37.4 Å². The van der Waals surface area contributed by atoms with Crippen molar-refractivity contribution in [1.82, 2.24) is 10.2 Å². The van der Waals surface area contributed by atoms with Crippen molar-refractivity contribution in [2.75, 3.05) is 20.8 Å². The van der Waals surface area contributed by atoms with Gasteiger partial charge in [0.15, 0.2) is 11.5 Å². The van der Waals surface area contributed by atoms with Gasteiger partial charge in [0.05, 0.1) is 14.2 Å². The van der Waals surface area contributed by atoms with E-state index in [-0.39, 0.29) is 18.2 Å². The van der Waals surface area contributed by atoms with Gasteiger partial charge in [-0.15, -0.1) is 0 Å². The summed E-state index contributed by atoms with van der Waals surface area (Å²) < 4.78 is 10.7. The average molecular weight is 489 g/mol. The minimum absolute atomic E-state index is 0.0692. The summed E-state index contributed by atoms with van der Waals surface area (Å²) in [6, 6.07) is 22.9. The molecule has 0 aliphatic rings. The first-order chi connectivity index (χ1) is 17.5. The lowest BCUT2D eigenvalue weighted by Crippen LogP contribution is -2.50. The van der Waals surface area contributed by atoms with Crippen LogP contribution in [0.4, 0.5) is 0 Å². The fraction of sp³-hybridized carbons (Fsp3) is 0.333. The number of carbonyl (C=O) groups excluding carboxylic acids is 2. The number of likely N-dealkylation sites (N-methyl/N-ethyl adjacent to an activating group) is 1. The topological polar surface area (TPSA) is 67.9 Å². The molecule has 0 radical (unpaired) electrons. The standard InChI is InChI=1S/C30H36N2O4/c1-5-31-30(34)26(19-23-12-7-6-8-13-23)32(21-25-14-10-9-11-22(25)2)29(33)18-16-24-15-17-27(35-3)28(20-24)36-4/h6-15,17,20,26H,5,16,18-19,21H2,1-4H3,(H,31,34). The van der Waals surface area contributed by atoms with Gasteiger partial charge < -0.3 is 19.7 Å². The van der Waals surface area contributed by atoms with E-state index >= 15 is 0 Å². The molecule has 6 heteroatoms. The number of nitrogens with one attached hydrogen (secondary N) is 1. The second kappa shape index (κ2) is 13.3. The quantitative estimate of drug-likeness (QED) is 0.401. The number of aryl methyl sites for hydroxylation is 2. The van der Waals surface area contributed by atoms with Crippen LogP contribution in [0.3, 0.4) is 0 Å². The Hall–Kier alpha value is -3.80. The Morgan fingerprint density at radius 3 is 2.25 bits per heavy atom. The maximum absolute atomic E-state index is 13.7. The highest BCUT2D eigenvalue weighted by atomic mass is 16.5. The number of amides is 2. The molecular formula is C30H36N2O4. The van der Waals surface area contributed by atoms with Crippen LogP contribution < -0.4 is 14.8 Å². The van der Waals surface area contributed by atoms with Crippen molar-refractivity contribution < 1.29 is 19.1 Å². The molecule has 6 nitrogen and oxygen atoms in total. The monoisotopic (exact) mass is 488 g/mol. The molecule has 3 rings (SSSR count). The molecule has 36 heavy (non-hydrogen) atoms. The van der Waals surface area contributed by atoms with Gasteiger partial charge in [-0.25, -0.2) is 0 Å². The summed E-state index contributed by atoms with van der Waals surface area (Å²) in [7, 11) is 3.19. The van der Waals surface area contributed by atoms with Gasteiger partial charge in [-0.3, -0.25) is 9.59 Å². The van der Waals surface area contributed by atoms with Crippen LogP contribution in [0.25, 0.3) is 0 Å². The smallest absolute Gasteiger partial charge is 0.243 e. The second-order valence-corrected chi connectivity index (χ2v) is 8.74. The van der Waals surface area contributed by atoms with Gasteiger partial charge in [-0.05, 0) is 54.7 Å². The van der Waals surface area contributed by atoms with Gasteiger partial charge in [0, 0.05) is 25.9 Å². The number of carbonyl (C=O) groups is 2. The maximum atomic E-state index is 13.7. The van der Waals surface area contributed by atoms with Crippen LogP contribution in [0.1, 0.15) is 35.6 Å². The Bertz CT molecular complexity index is 1150. The normalized spacial score (nSPS) is 11.4. The number of ether oxygens (including phenoxy) is 2. The Morgan fingerprint density at radius 1 is 0.889 bits per heavy atom. The van der Waals surface area contributed by atoms with E-state index in [1.54, 1.807) is 19.1 Å². The van der Waals surface area contributed by atoms with Crippen LogP contribution in [-0.2, 0) is 29.0 Å². The molecule has 0 bridgehead atoms. The Kier molecular flexibility index (Phi) is 9.92. The molecule has 0 saturated heterocycles. The molecule has 0 saturated carbocycles. The molecule has 3 aromatic carbocycles.